The average molecular weight is 462 g/mol. The number of nitrogens with one attached hydrogen (secondary N) is 1. The summed E-state index contributed by atoms with van der Waals surface area (Å²) in [6.45, 7) is 8.19. The summed E-state index contributed by atoms with van der Waals surface area (Å²) in [5, 5.41) is 2.92. The minimum absolute atomic E-state index is 0.0814. The monoisotopic (exact) mass is 461 g/mol. The average Bonchev–Trinajstić information content (AvgIpc) is 2.98. The van der Waals surface area contributed by atoms with E-state index in [0.29, 0.717) is 17.0 Å². The van der Waals surface area contributed by atoms with Gasteiger partial charge in [0.25, 0.3) is 11.8 Å². The van der Waals surface area contributed by atoms with Gasteiger partial charge < -0.3 is 19.9 Å². The molecule has 2 amide bonds. The second kappa shape index (κ2) is 11.1. The molecule has 0 fully saturated rings. The summed E-state index contributed by atoms with van der Waals surface area (Å²) in [6, 6.07) is 17.0. The molecular formula is C28H35N3O3. The predicted molar refractivity (Wildman–Crippen MR) is 137 cm³/mol. The smallest absolute Gasteiger partial charge is 0.252 e. The summed E-state index contributed by atoms with van der Waals surface area (Å²) in [5.41, 5.74) is 4.38. The highest BCUT2D eigenvalue weighted by atomic mass is 16.5. The molecule has 0 radical (unpaired) electrons. The fraction of sp³-hybridized carbons (Fsp3) is 0.357. The largest absolute Gasteiger partial charge is 0.489 e. The zero-order valence-corrected chi connectivity index (χ0v) is 21.0. The lowest BCUT2D eigenvalue weighted by atomic mass is 10.0. The van der Waals surface area contributed by atoms with Gasteiger partial charge in [0.15, 0.2) is 0 Å². The van der Waals surface area contributed by atoms with Crippen LogP contribution in [0.15, 0.2) is 77.5 Å². The van der Waals surface area contributed by atoms with E-state index in [1.807, 2.05) is 76.4 Å². The Morgan fingerprint density at radius 3 is 2.50 bits per heavy atom. The van der Waals surface area contributed by atoms with Crippen molar-refractivity contribution in [3.8, 4) is 5.75 Å². The van der Waals surface area contributed by atoms with Gasteiger partial charge in [-0.05, 0) is 51.0 Å². The fourth-order valence-electron chi connectivity index (χ4n) is 3.94. The molecule has 34 heavy (non-hydrogen) atoms. The molecule has 1 unspecified atom stereocenters. The molecule has 2 aromatic rings. The van der Waals surface area contributed by atoms with Gasteiger partial charge in [-0.3, -0.25) is 9.59 Å². The van der Waals surface area contributed by atoms with E-state index in [4.69, 9.17) is 4.74 Å². The second-order valence-corrected chi connectivity index (χ2v) is 8.73. The maximum absolute atomic E-state index is 13.4. The van der Waals surface area contributed by atoms with Crippen molar-refractivity contribution >= 4 is 17.5 Å². The molecule has 1 aliphatic heterocycles. The first kappa shape index (κ1) is 25.1. The highest BCUT2D eigenvalue weighted by Gasteiger charge is 2.31. The molecule has 180 valence electrons. The maximum atomic E-state index is 13.4. The van der Waals surface area contributed by atoms with Crippen LogP contribution < -0.4 is 15.0 Å². The van der Waals surface area contributed by atoms with Crippen LogP contribution in [0.25, 0.3) is 0 Å². The van der Waals surface area contributed by atoms with Gasteiger partial charge in [-0.15, -0.1) is 0 Å². The van der Waals surface area contributed by atoms with E-state index >= 15 is 0 Å². The first-order valence-electron chi connectivity index (χ1n) is 11.7. The summed E-state index contributed by atoms with van der Waals surface area (Å²) in [4.78, 5) is 30.2. The van der Waals surface area contributed by atoms with E-state index in [-0.39, 0.29) is 24.5 Å². The number of ether oxygens (including phenoxy) is 1. The van der Waals surface area contributed by atoms with E-state index in [1.54, 1.807) is 11.9 Å². The van der Waals surface area contributed by atoms with E-state index in [0.717, 1.165) is 17.7 Å². The summed E-state index contributed by atoms with van der Waals surface area (Å²) in [7, 11) is 3.72. The van der Waals surface area contributed by atoms with Crippen molar-refractivity contribution in [3.63, 3.8) is 0 Å². The molecule has 0 bridgehead atoms. The molecule has 6 nitrogen and oxygen atoms in total. The third-order valence-electron chi connectivity index (χ3n) is 6.57. The molecule has 0 aliphatic carbocycles. The number of para-hydroxylation sites is 2. The van der Waals surface area contributed by atoms with Gasteiger partial charge in [0, 0.05) is 25.4 Å². The fourth-order valence-corrected chi connectivity index (χ4v) is 3.94. The Morgan fingerprint density at radius 1 is 1.18 bits per heavy atom. The van der Waals surface area contributed by atoms with Crippen molar-refractivity contribution in [2.45, 2.75) is 46.2 Å². The Labute approximate surface area is 202 Å². The Morgan fingerprint density at radius 2 is 1.82 bits per heavy atom. The maximum Gasteiger partial charge on any atom is 0.252 e. The van der Waals surface area contributed by atoms with Crippen LogP contribution in [0.1, 0.15) is 45.7 Å². The molecule has 1 aliphatic rings. The van der Waals surface area contributed by atoms with Gasteiger partial charge in [-0.25, -0.2) is 0 Å². The third kappa shape index (κ3) is 5.50. The molecule has 2 atom stereocenters. The second-order valence-electron chi connectivity index (χ2n) is 8.73. The van der Waals surface area contributed by atoms with Crippen molar-refractivity contribution in [1.82, 2.24) is 10.2 Å². The first-order valence-corrected chi connectivity index (χ1v) is 11.7. The molecular weight excluding hydrogens is 426 g/mol. The molecule has 3 rings (SSSR count). The lowest BCUT2D eigenvalue weighted by Gasteiger charge is -2.28. The summed E-state index contributed by atoms with van der Waals surface area (Å²) in [5.74, 6) is 0.144. The topological polar surface area (TPSA) is 61.9 Å². The van der Waals surface area contributed by atoms with Crippen LogP contribution >= 0.6 is 0 Å². The van der Waals surface area contributed by atoms with Crippen molar-refractivity contribution in [1.29, 1.82) is 0 Å². The van der Waals surface area contributed by atoms with Gasteiger partial charge >= 0.3 is 0 Å². The van der Waals surface area contributed by atoms with E-state index in [1.165, 1.54) is 5.56 Å². The minimum Gasteiger partial charge on any atom is -0.489 e. The Kier molecular flexibility index (Phi) is 8.16. The number of benzene rings is 2. The summed E-state index contributed by atoms with van der Waals surface area (Å²) < 4.78 is 5.85. The SMILES string of the molecule is CC/C(C)=C(/C=C(/C)N(C)C(C)c1ccccc1)C(=O)N[C@H]1COc2ccccc2N(C)C1=O. The van der Waals surface area contributed by atoms with Crippen molar-refractivity contribution in [2.75, 3.05) is 25.6 Å². The highest BCUT2D eigenvalue weighted by molar-refractivity contribution is 6.04. The van der Waals surface area contributed by atoms with Crippen LogP contribution in [0, 0.1) is 0 Å². The van der Waals surface area contributed by atoms with Crippen LogP contribution in [-0.2, 0) is 9.59 Å². The number of rotatable bonds is 7. The standard InChI is InChI=1S/C28H35N3O3/c1-7-19(2)23(17-20(3)30(5)21(4)22-13-9-8-10-14-22)27(32)29-24-18-34-26-16-12-11-15-25(26)31(6)28(24)33/h8-17,21,24H,7,18H2,1-6H3,(H,29,32)/b20-17-,23-19-/t21?,24-/m0/s1. The number of likely N-dealkylation sites (N-methyl/N-ethyl adjacent to an activating group) is 1. The molecule has 0 aromatic heterocycles. The van der Waals surface area contributed by atoms with Crippen LogP contribution in [0.5, 0.6) is 5.75 Å². The predicted octanol–water partition coefficient (Wildman–Crippen LogP) is 4.85. The number of hydrogen-bond acceptors (Lipinski definition) is 4. The molecule has 2 aromatic carbocycles. The number of carbonyl (C=O) groups is 2. The number of nitrogens with zero attached hydrogens (tertiary/aromatic N) is 2. The van der Waals surface area contributed by atoms with Crippen molar-refractivity contribution in [2.24, 2.45) is 0 Å². The lowest BCUT2D eigenvalue weighted by molar-refractivity contribution is -0.125. The van der Waals surface area contributed by atoms with Gasteiger partial charge in [0.1, 0.15) is 18.4 Å². The van der Waals surface area contributed by atoms with Crippen LogP contribution in [0.2, 0.25) is 0 Å². The van der Waals surface area contributed by atoms with Crippen molar-refractivity contribution in [3.05, 3.63) is 83.1 Å². The van der Waals surface area contributed by atoms with Crippen LogP contribution in [-0.4, -0.2) is 43.5 Å². The molecule has 1 N–H and O–H groups in total. The normalized spacial score (nSPS) is 17.7. The van der Waals surface area contributed by atoms with Crippen molar-refractivity contribution < 1.29 is 14.3 Å². The van der Waals surface area contributed by atoms with E-state index in [9.17, 15) is 9.59 Å². The number of amides is 2. The number of allylic oxidation sites excluding steroid dienone is 2. The summed E-state index contributed by atoms with van der Waals surface area (Å²) >= 11 is 0. The highest BCUT2D eigenvalue weighted by Crippen LogP contribution is 2.30. The van der Waals surface area contributed by atoms with Crippen LogP contribution in [0.4, 0.5) is 5.69 Å². The molecule has 6 heteroatoms. The van der Waals surface area contributed by atoms with E-state index < -0.39 is 6.04 Å². The van der Waals surface area contributed by atoms with Gasteiger partial charge in [0.05, 0.1) is 11.7 Å². The first-order chi connectivity index (χ1) is 16.2. The molecule has 1 heterocycles. The van der Waals surface area contributed by atoms with E-state index in [2.05, 4.69) is 29.3 Å². The zero-order valence-electron chi connectivity index (χ0n) is 21.0. The van der Waals surface area contributed by atoms with Gasteiger partial charge in [-0.1, -0.05) is 55.0 Å². The number of carbonyl (C=O) groups excluding carboxylic acids is 2. The number of hydrogen-bond donors (Lipinski definition) is 1. The third-order valence-corrected chi connectivity index (χ3v) is 6.57. The Balaban J connectivity index is 1.81. The van der Waals surface area contributed by atoms with Crippen LogP contribution in [0.3, 0.4) is 0 Å². The minimum atomic E-state index is -0.778. The summed E-state index contributed by atoms with van der Waals surface area (Å²) in [6.07, 6.45) is 2.64. The number of fused-ring (bicyclic) bond motifs is 1. The quantitative estimate of drug-likeness (QED) is 0.473. The van der Waals surface area contributed by atoms with Gasteiger partial charge in [0.2, 0.25) is 0 Å². The number of anilines is 1. The zero-order chi connectivity index (χ0) is 24.8. The molecule has 0 saturated carbocycles. The molecule has 0 spiro atoms. The Hall–Kier alpha value is -3.54. The lowest BCUT2D eigenvalue weighted by Crippen LogP contribution is -2.49. The van der Waals surface area contributed by atoms with Gasteiger partial charge in [-0.2, -0.15) is 0 Å². The Bertz CT molecular complexity index is 1090. The molecule has 0 saturated heterocycles.